The standard InChI is InChI=1S/C9H9NSe/c1-8(11-7-10)9-5-3-2-4-6-9/h2-6,8H,1H3. The fourth-order valence-corrected chi connectivity index (χ4v) is 1.82. The Kier molecular flexibility index (Phi) is 3.16. The molecule has 1 unspecified atom stereocenters. The average Bonchev–Trinajstić information content (AvgIpc) is 2.07. The third kappa shape index (κ3) is 2.38. The summed E-state index contributed by atoms with van der Waals surface area (Å²) >= 11 is 0.0847. The summed E-state index contributed by atoms with van der Waals surface area (Å²) in [4.78, 5) is 2.65. The van der Waals surface area contributed by atoms with E-state index in [0.29, 0.717) is 4.82 Å². The molecule has 1 aromatic rings. The van der Waals surface area contributed by atoms with Crippen LogP contribution in [0.4, 0.5) is 0 Å². The maximum absolute atomic E-state index is 8.48. The van der Waals surface area contributed by atoms with Crippen molar-refractivity contribution in [2.45, 2.75) is 11.7 Å². The molecule has 0 spiro atoms. The van der Waals surface area contributed by atoms with Gasteiger partial charge in [-0.1, -0.05) is 0 Å². The summed E-state index contributed by atoms with van der Waals surface area (Å²) in [5.74, 6) is 0. The zero-order valence-electron chi connectivity index (χ0n) is 6.32. The van der Waals surface area contributed by atoms with E-state index in [-0.39, 0.29) is 15.0 Å². The van der Waals surface area contributed by atoms with Crippen LogP contribution >= 0.6 is 0 Å². The molecule has 0 saturated heterocycles. The Balaban J connectivity index is 2.70. The van der Waals surface area contributed by atoms with Crippen LogP contribution < -0.4 is 0 Å². The van der Waals surface area contributed by atoms with Crippen molar-refractivity contribution < 1.29 is 0 Å². The predicted molar refractivity (Wildman–Crippen MR) is 46.2 cm³/mol. The van der Waals surface area contributed by atoms with Gasteiger partial charge in [0, 0.05) is 0 Å². The zero-order valence-corrected chi connectivity index (χ0v) is 8.03. The average molecular weight is 210 g/mol. The molecule has 0 aromatic heterocycles. The first-order valence-corrected chi connectivity index (χ1v) is 5.29. The molecule has 1 nitrogen and oxygen atoms in total. The van der Waals surface area contributed by atoms with Gasteiger partial charge in [0.15, 0.2) is 0 Å². The normalized spacial score (nSPS) is 12.0. The van der Waals surface area contributed by atoms with Crippen LogP contribution in [0.3, 0.4) is 0 Å². The fourth-order valence-electron chi connectivity index (χ4n) is 0.871. The van der Waals surface area contributed by atoms with Gasteiger partial charge in [-0.15, -0.1) is 0 Å². The van der Waals surface area contributed by atoms with E-state index >= 15 is 0 Å². The van der Waals surface area contributed by atoms with E-state index < -0.39 is 0 Å². The Bertz CT molecular complexity index is 250. The van der Waals surface area contributed by atoms with E-state index in [1.54, 1.807) is 0 Å². The van der Waals surface area contributed by atoms with E-state index in [1.165, 1.54) is 5.56 Å². The predicted octanol–water partition coefficient (Wildman–Crippen LogP) is 1.93. The molecule has 0 N–H and O–H groups in total. The molecule has 0 aliphatic heterocycles. The Hall–Kier alpha value is -0.771. The minimum absolute atomic E-state index is 0.0847. The summed E-state index contributed by atoms with van der Waals surface area (Å²) in [6.07, 6.45) is 0. The van der Waals surface area contributed by atoms with Gasteiger partial charge in [0.25, 0.3) is 0 Å². The van der Waals surface area contributed by atoms with Crippen molar-refractivity contribution in [3.63, 3.8) is 0 Å². The second kappa shape index (κ2) is 4.18. The van der Waals surface area contributed by atoms with E-state index in [1.807, 2.05) is 18.2 Å². The first-order valence-electron chi connectivity index (χ1n) is 3.44. The van der Waals surface area contributed by atoms with Crippen LogP contribution in [0.25, 0.3) is 0 Å². The molecule has 0 bridgehead atoms. The van der Waals surface area contributed by atoms with Crippen molar-refractivity contribution in [2.24, 2.45) is 0 Å². The van der Waals surface area contributed by atoms with Crippen molar-refractivity contribution in [2.75, 3.05) is 0 Å². The Morgan fingerprint density at radius 1 is 1.36 bits per heavy atom. The SMILES string of the molecule is CC([Se]C#N)c1ccccc1. The van der Waals surface area contributed by atoms with Gasteiger partial charge in [0.1, 0.15) is 0 Å². The quantitative estimate of drug-likeness (QED) is 0.684. The second-order valence-electron chi connectivity index (χ2n) is 2.26. The first-order chi connectivity index (χ1) is 5.34. The number of benzene rings is 1. The molecule has 0 heterocycles. The maximum atomic E-state index is 8.48. The van der Waals surface area contributed by atoms with Gasteiger partial charge in [-0.2, -0.15) is 0 Å². The molecular weight excluding hydrogens is 201 g/mol. The van der Waals surface area contributed by atoms with Crippen molar-refractivity contribution >= 4 is 15.0 Å². The molecule has 0 radical (unpaired) electrons. The van der Waals surface area contributed by atoms with E-state index in [2.05, 4.69) is 24.0 Å². The molecule has 0 amide bonds. The van der Waals surface area contributed by atoms with Crippen LogP contribution in [-0.2, 0) is 0 Å². The number of hydrogen-bond acceptors (Lipinski definition) is 1. The molecule has 2 heteroatoms. The number of rotatable bonds is 2. The monoisotopic (exact) mass is 211 g/mol. The number of nitriles is 1. The summed E-state index contributed by atoms with van der Waals surface area (Å²) in [7, 11) is 0. The Labute approximate surface area is 73.2 Å². The van der Waals surface area contributed by atoms with Crippen LogP contribution in [0.15, 0.2) is 30.3 Å². The molecule has 11 heavy (non-hydrogen) atoms. The van der Waals surface area contributed by atoms with E-state index in [0.717, 1.165) is 0 Å². The molecule has 0 saturated carbocycles. The summed E-state index contributed by atoms with van der Waals surface area (Å²) in [5, 5.41) is 8.48. The van der Waals surface area contributed by atoms with Gasteiger partial charge in [-0.05, 0) is 0 Å². The van der Waals surface area contributed by atoms with Crippen molar-refractivity contribution in [3.05, 3.63) is 35.9 Å². The topological polar surface area (TPSA) is 23.8 Å². The van der Waals surface area contributed by atoms with Gasteiger partial charge in [0.2, 0.25) is 0 Å². The first kappa shape index (κ1) is 8.33. The number of hydrogen-bond donors (Lipinski definition) is 0. The minimum atomic E-state index is 0.0847. The molecule has 1 aromatic carbocycles. The van der Waals surface area contributed by atoms with Crippen molar-refractivity contribution in [1.29, 1.82) is 5.26 Å². The van der Waals surface area contributed by atoms with Gasteiger partial charge in [-0.25, -0.2) is 0 Å². The second-order valence-corrected chi connectivity index (χ2v) is 4.62. The molecule has 1 rings (SSSR count). The van der Waals surface area contributed by atoms with Crippen LogP contribution in [0.5, 0.6) is 0 Å². The van der Waals surface area contributed by atoms with Gasteiger partial charge in [0.05, 0.1) is 0 Å². The summed E-state index contributed by atoms with van der Waals surface area (Å²) in [6.45, 7) is 2.10. The third-order valence-corrected chi connectivity index (χ3v) is 3.03. The summed E-state index contributed by atoms with van der Waals surface area (Å²) in [5.41, 5.74) is 1.27. The van der Waals surface area contributed by atoms with Gasteiger partial charge in [-0.3, -0.25) is 0 Å². The van der Waals surface area contributed by atoms with Crippen LogP contribution in [-0.4, -0.2) is 15.0 Å². The summed E-state index contributed by atoms with van der Waals surface area (Å²) in [6, 6.07) is 10.2. The van der Waals surface area contributed by atoms with Crippen molar-refractivity contribution in [3.8, 4) is 4.97 Å². The van der Waals surface area contributed by atoms with Gasteiger partial charge < -0.3 is 0 Å². The molecule has 1 atom stereocenters. The van der Waals surface area contributed by atoms with Crippen LogP contribution in [0, 0.1) is 10.2 Å². The molecule has 0 fully saturated rings. The van der Waals surface area contributed by atoms with E-state index in [4.69, 9.17) is 5.26 Å². The summed E-state index contributed by atoms with van der Waals surface area (Å²) < 4.78 is 0. The molecule has 56 valence electrons. The Morgan fingerprint density at radius 3 is 2.55 bits per heavy atom. The zero-order chi connectivity index (χ0) is 8.10. The van der Waals surface area contributed by atoms with Crippen molar-refractivity contribution in [1.82, 2.24) is 0 Å². The van der Waals surface area contributed by atoms with Crippen LogP contribution in [0.1, 0.15) is 17.3 Å². The van der Waals surface area contributed by atoms with Crippen LogP contribution in [0.2, 0.25) is 0 Å². The molecule has 0 aliphatic rings. The molecule has 0 aliphatic carbocycles. The Morgan fingerprint density at radius 2 is 2.00 bits per heavy atom. The van der Waals surface area contributed by atoms with E-state index in [9.17, 15) is 0 Å². The van der Waals surface area contributed by atoms with Gasteiger partial charge >= 0.3 is 72.8 Å². The third-order valence-electron chi connectivity index (χ3n) is 1.50. The fraction of sp³-hybridized carbons (Fsp3) is 0.222. The molecular formula is C9H9NSe. The number of nitrogens with zero attached hydrogens (tertiary/aromatic N) is 1.